The molecule has 47 heavy (non-hydrogen) atoms. The van der Waals surface area contributed by atoms with Gasteiger partial charge in [0.05, 0.1) is 19.3 Å². The molecule has 0 aliphatic carbocycles. The van der Waals surface area contributed by atoms with Crippen molar-refractivity contribution in [1.29, 1.82) is 0 Å². The molecule has 0 aromatic heterocycles. The van der Waals surface area contributed by atoms with E-state index in [9.17, 15) is 66.5 Å². The van der Waals surface area contributed by atoms with Crippen molar-refractivity contribution in [2.75, 3.05) is 19.8 Å². The number of aliphatic hydroxyl groups excluding tert-OH is 7. The van der Waals surface area contributed by atoms with Crippen LogP contribution in [0.1, 0.15) is 27.2 Å². The zero-order valence-electron chi connectivity index (χ0n) is 25.2. The standard InChI is InChI=1S/C23H41NO21S2/c1-4-5-24(9(3)27)12-18(43-22-16(31)15(30)13(28)8(2)39-22)17(11(7-26)40-21(12)32)42-23-20(45-47(36,37)38)19(44-46(33,34)35)14(29)10(6-25)41-23/h8,10-23,25-26,28-32H,4-7H2,1-3H3,(H,33,34,35)(H,36,37,38)/t8-,10+,11+,12+,13+,14-,15+,16-,17+,18+,19-,20+,21+,22-,23-/m0/s1. The van der Waals surface area contributed by atoms with Gasteiger partial charge in [-0.2, -0.15) is 16.8 Å². The summed E-state index contributed by atoms with van der Waals surface area (Å²) in [6.07, 6.45) is -26.8. The van der Waals surface area contributed by atoms with Crippen LogP contribution in [0.4, 0.5) is 0 Å². The summed E-state index contributed by atoms with van der Waals surface area (Å²) in [7, 11) is -11.1. The Morgan fingerprint density at radius 1 is 0.723 bits per heavy atom. The van der Waals surface area contributed by atoms with Crippen LogP contribution in [-0.4, -0.2) is 184 Å². The van der Waals surface area contributed by atoms with Gasteiger partial charge in [0.25, 0.3) is 0 Å². The minimum atomic E-state index is -5.56. The number of hydrogen-bond acceptors (Lipinski definition) is 19. The molecule has 0 aromatic carbocycles. The zero-order valence-corrected chi connectivity index (χ0v) is 26.8. The van der Waals surface area contributed by atoms with Gasteiger partial charge in [0.2, 0.25) is 5.91 Å². The quantitative estimate of drug-likeness (QED) is 0.0797. The number of carbonyl (C=O) groups excluding carboxylic acids is 1. The molecule has 9 N–H and O–H groups in total. The van der Waals surface area contributed by atoms with E-state index in [4.69, 9.17) is 23.7 Å². The Hall–Kier alpha value is -1.27. The molecule has 0 bridgehead atoms. The molecule has 24 heteroatoms. The molecule has 276 valence electrons. The lowest BCUT2D eigenvalue weighted by molar-refractivity contribution is -0.373. The summed E-state index contributed by atoms with van der Waals surface area (Å²) < 4.78 is 103. The second kappa shape index (κ2) is 16.2. The number of nitrogens with zero attached hydrogens (tertiary/aromatic N) is 1. The van der Waals surface area contributed by atoms with Crippen LogP contribution >= 0.6 is 0 Å². The third kappa shape index (κ3) is 9.71. The normalized spacial score (nSPS) is 41.8. The van der Waals surface area contributed by atoms with Crippen LogP contribution in [0.2, 0.25) is 0 Å². The fraction of sp³-hybridized carbons (Fsp3) is 0.957. The fourth-order valence-electron chi connectivity index (χ4n) is 5.54. The van der Waals surface area contributed by atoms with E-state index in [-0.39, 0.29) is 6.54 Å². The lowest BCUT2D eigenvalue weighted by atomic mass is 9.93. The average molecular weight is 732 g/mol. The van der Waals surface area contributed by atoms with Gasteiger partial charge in [0, 0.05) is 13.5 Å². The van der Waals surface area contributed by atoms with Crippen molar-refractivity contribution in [3.8, 4) is 0 Å². The average Bonchev–Trinajstić information content (AvgIpc) is 2.96. The molecule has 15 atom stereocenters. The largest absolute Gasteiger partial charge is 0.397 e. The maximum absolute atomic E-state index is 12.7. The van der Waals surface area contributed by atoms with Crippen LogP contribution in [0.3, 0.4) is 0 Å². The van der Waals surface area contributed by atoms with Crippen molar-refractivity contribution in [1.82, 2.24) is 4.90 Å². The fourth-order valence-corrected chi connectivity index (χ4v) is 6.53. The summed E-state index contributed by atoms with van der Waals surface area (Å²) in [5.74, 6) is -0.658. The highest BCUT2D eigenvalue weighted by Crippen LogP contribution is 2.36. The van der Waals surface area contributed by atoms with Gasteiger partial charge >= 0.3 is 20.8 Å². The van der Waals surface area contributed by atoms with E-state index in [0.717, 1.165) is 11.8 Å². The highest BCUT2D eigenvalue weighted by Gasteiger charge is 2.57. The Morgan fingerprint density at radius 3 is 1.79 bits per heavy atom. The van der Waals surface area contributed by atoms with Crippen molar-refractivity contribution in [2.24, 2.45) is 0 Å². The first-order chi connectivity index (χ1) is 21.7. The zero-order chi connectivity index (χ0) is 35.6. The molecule has 3 saturated heterocycles. The smallest absolute Gasteiger partial charge is 0.394 e. The molecule has 3 heterocycles. The number of rotatable bonds is 13. The van der Waals surface area contributed by atoms with Crippen molar-refractivity contribution < 1.29 is 98.5 Å². The van der Waals surface area contributed by atoms with Gasteiger partial charge in [-0.25, -0.2) is 8.37 Å². The second-order valence-corrected chi connectivity index (χ2v) is 13.1. The monoisotopic (exact) mass is 731 g/mol. The number of amides is 1. The molecule has 0 aromatic rings. The van der Waals surface area contributed by atoms with E-state index >= 15 is 0 Å². The summed E-state index contributed by atoms with van der Waals surface area (Å²) in [6.45, 7) is 1.93. The molecule has 0 saturated carbocycles. The minimum Gasteiger partial charge on any atom is -0.394 e. The summed E-state index contributed by atoms with van der Waals surface area (Å²) >= 11 is 0. The first-order valence-corrected chi connectivity index (χ1v) is 17.0. The Bertz CT molecular complexity index is 1260. The lowest BCUT2D eigenvalue weighted by Crippen LogP contribution is -2.70. The van der Waals surface area contributed by atoms with Gasteiger partial charge in [-0.15, -0.1) is 0 Å². The van der Waals surface area contributed by atoms with Crippen LogP contribution in [0.5, 0.6) is 0 Å². The van der Waals surface area contributed by atoms with E-state index in [1.165, 1.54) is 6.92 Å². The minimum absolute atomic E-state index is 0.0555. The molecule has 22 nitrogen and oxygen atoms in total. The van der Waals surface area contributed by atoms with Crippen molar-refractivity contribution in [2.45, 2.75) is 119 Å². The molecule has 3 aliphatic heterocycles. The Labute approximate surface area is 269 Å². The van der Waals surface area contributed by atoms with Gasteiger partial charge in [0.15, 0.2) is 25.0 Å². The third-order valence-electron chi connectivity index (χ3n) is 7.70. The number of carbonyl (C=O) groups is 1. The Morgan fingerprint density at radius 2 is 1.28 bits per heavy atom. The van der Waals surface area contributed by atoms with Crippen LogP contribution in [0.25, 0.3) is 0 Å². The third-order valence-corrected chi connectivity index (χ3v) is 8.63. The Balaban J connectivity index is 2.16. The van der Waals surface area contributed by atoms with Crippen LogP contribution in [-0.2, 0) is 57.6 Å². The predicted molar refractivity (Wildman–Crippen MR) is 146 cm³/mol. The first kappa shape index (κ1) is 40.2. The summed E-state index contributed by atoms with van der Waals surface area (Å²) in [6, 6.07) is -1.59. The SMILES string of the molecule is CCCN(C(C)=O)[C@@H]1[C@@H](O[C@@H]2O[C@@H](C)[C@@H](O)[C@@H](O)[C@@H]2O)[C@H](O[C@@H]2O[C@H](CO)[C@H](O)[C@H](OS(=O)(=O)O)[C@H]2OS(=O)(=O)O)[C@@H](CO)O[C@H]1O. The van der Waals surface area contributed by atoms with Gasteiger partial charge < -0.3 is 64.3 Å². The summed E-state index contributed by atoms with van der Waals surface area (Å²) in [5.41, 5.74) is 0. The first-order valence-electron chi connectivity index (χ1n) is 14.2. The molecule has 1 amide bonds. The van der Waals surface area contributed by atoms with Gasteiger partial charge in [-0.1, -0.05) is 6.92 Å². The molecular weight excluding hydrogens is 690 g/mol. The second-order valence-electron chi connectivity index (χ2n) is 11.0. The van der Waals surface area contributed by atoms with E-state index in [2.05, 4.69) is 8.37 Å². The highest BCUT2D eigenvalue weighted by molar-refractivity contribution is 7.81. The van der Waals surface area contributed by atoms with E-state index < -0.39 is 132 Å². The summed E-state index contributed by atoms with van der Waals surface area (Å²) in [5, 5.41) is 72.8. The van der Waals surface area contributed by atoms with Gasteiger partial charge in [-0.05, 0) is 13.3 Å². The highest BCUT2D eigenvalue weighted by atomic mass is 32.3. The topological polar surface area (TPSA) is 335 Å². The number of ether oxygens (including phenoxy) is 5. The van der Waals surface area contributed by atoms with Crippen LogP contribution < -0.4 is 0 Å². The summed E-state index contributed by atoms with van der Waals surface area (Å²) in [4.78, 5) is 13.8. The lowest BCUT2D eigenvalue weighted by Gasteiger charge is -2.51. The maximum Gasteiger partial charge on any atom is 0.397 e. The van der Waals surface area contributed by atoms with E-state index in [0.29, 0.717) is 6.42 Å². The van der Waals surface area contributed by atoms with Crippen LogP contribution in [0.15, 0.2) is 0 Å². The molecule has 3 rings (SSSR count). The van der Waals surface area contributed by atoms with E-state index in [1.807, 2.05) is 0 Å². The molecule has 3 fully saturated rings. The maximum atomic E-state index is 12.7. The predicted octanol–water partition coefficient (Wildman–Crippen LogP) is -5.62. The molecular formula is C23H41NO21S2. The number of hydrogen-bond donors (Lipinski definition) is 9. The number of aliphatic hydroxyl groups is 7. The Kier molecular flexibility index (Phi) is 13.8. The van der Waals surface area contributed by atoms with Gasteiger partial charge in [-0.3, -0.25) is 13.9 Å². The van der Waals surface area contributed by atoms with Crippen molar-refractivity contribution >= 4 is 26.7 Å². The molecule has 0 unspecified atom stereocenters. The van der Waals surface area contributed by atoms with Crippen LogP contribution in [0, 0.1) is 0 Å². The molecule has 3 aliphatic rings. The molecule has 0 radical (unpaired) electrons. The van der Waals surface area contributed by atoms with Crippen molar-refractivity contribution in [3.63, 3.8) is 0 Å². The van der Waals surface area contributed by atoms with E-state index in [1.54, 1.807) is 6.92 Å². The van der Waals surface area contributed by atoms with Gasteiger partial charge in [0.1, 0.15) is 61.0 Å². The molecule has 0 spiro atoms. The van der Waals surface area contributed by atoms with Crippen molar-refractivity contribution in [3.05, 3.63) is 0 Å².